The number of Topliss-reactive ketones (excluding diaryl/α,β-unsaturated/α-hetero) is 1. The van der Waals surface area contributed by atoms with Crippen molar-refractivity contribution in [3.8, 4) is 0 Å². The second-order valence-electron chi connectivity index (χ2n) is 2.87. The molecule has 0 saturated carbocycles. The van der Waals surface area contributed by atoms with Crippen molar-refractivity contribution in [3.63, 3.8) is 0 Å². The number of allylic oxidation sites excluding steroid dienone is 1. The molecule has 1 aromatic rings. The highest BCUT2D eigenvalue weighted by molar-refractivity contribution is 7.11. The lowest BCUT2D eigenvalue weighted by atomic mass is 10.1. The Kier molecular flexibility index (Phi) is 3.83. The van der Waals surface area contributed by atoms with E-state index in [0.29, 0.717) is 6.42 Å². The Bertz CT molecular complexity index is 304. The maximum absolute atomic E-state index is 11.5. The molecule has 1 aromatic heterocycles. The standard InChI is InChI=1S/C10H13NOS/c1-3-4-5-6-9(12)10-8(2)11-7-13-10/h3,7H,1,4-6H2,2H3. The van der Waals surface area contributed by atoms with Crippen molar-refractivity contribution in [2.45, 2.75) is 26.2 Å². The van der Waals surface area contributed by atoms with E-state index in [2.05, 4.69) is 11.6 Å². The summed E-state index contributed by atoms with van der Waals surface area (Å²) in [6.45, 7) is 5.49. The number of aryl methyl sites for hydroxylation is 1. The van der Waals surface area contributed by atoms with Gasteiger partial charge in [0.25, 0.3) is 0 Å². The van der Waals surface area contributed by atoms with Crippen molar-refractivity contribution in [3.05, 3.63) is 28.7 Å². The Morgan fingerprint density at radius 1 is 1.77 bits per heavy atom. The summed E-state index contributed by atoms with van der Waals surface area (Å²) in [6.07, 6.45) is 4.24. The predicted octanol–water partition coefficient (Wildman–Crippen LogP) is 2.99. The van der Waals surface area contributed by atoms with Crippen LogP contribution in [0.1, 0.15) is 34.6 Å². The van der Waals surface area contributed by atoms with Crippen LogP contribution in [0.3, 0.4) is 0 Å². The van der Waals surface area contributed by atoms with Gasteiger partial charge in [-0.2, -0.15) is 0 Å². The predicted molar refractivity (Wildman–Crippen MR) is 55.2 cm³/mol. The Hall–Kier alpha value is -0.960. The fourth-order valence-corrected chi connectivity index (χ4v) is 1.86. The van der Waals surface area contributed by atoms with Crippen molar-refractivity contribution in [1.29, 1.82) is 0 Å². The zero-order chi connectivity index (χ0) is 9.68. The molecular weight excluding hydrogens is 182 g/mol. The van der Waals surface area contributed by atoms with Crippen LogP contribution in [0.15, 0.2) is 18.2 Å². The van der Waals surface area contributed by atoms with Gasteiger partial charge in [0.05, 0.1) is 16.1 Å². The molecule has 1 heterocycles. The summed E-state index contributed by atoms with van der Waals surface area (Å²) in [6, 6.07) is 0. The van der Waals surface area contributed by atoms with Crippen LogP contribution in [0.2, 0.25) is 0 Å². The number of nitrogens with zero attached hydrogens (tertiary/aromatic N) is 1. The van der Waals surface area contributed by atoms with Gasteiger partial charge in [0.15, 0.2) is 5.78 Å². The van der Waals surface area contributed by atoms with Crippen molar-refractivity contribution in [2.75, 3.05) is 0 Å². The van der Waals surface area contributed by atoms with E-state index in [1.807, 2.05) is 13.0 Å². The topological polar surface area (TPSA) is 30.0 Å². The molecule has 0 aliphatic heterocycles. The molecule has 0 radical (unpaired) electrons. The number of carbonyl (C=O) groups is 1. The molecule has 0 aromatic carbocycles. The Labute approximate surface area is 82.3 Å². The minimum Gasteiger partial charge on any atom is -0.293 e. The molecule has 70 valence electrons. The number of carbonyl (C=O) groups excluding carboxylic acids is 1. The average molecular weight is 195 g/mol. The monoisotopic (exact) mass is 195 g/mol. The first-order valence-electron chi connectivity index (χ1n) is 4.30. The van der Waals surface area contributed by atoms with Gasteiger partial charge in [0, 0.05) is 6.42 Å². The zero-order valence-electron chi connectivity index (χ0n) is 7.75. The molecule has 0 fully saturated rings. The van der Waals surface area contributed by atoms with Crippen molar-refractivity contribution in [1.82, 2.24) is 4.98 Å². The number of ketones is 1. The number of aromatic nitrogens is 1. The van der Waals surface area contributed by atoms with E-state index >= 15 is 0 Å². The first-order chi connectivity index (χ1) is 6.25. The molecule has 0 bridgehead atoms. The highest BCUT2D eigenvalue weighted by Gasteiger charge is 2.10. The highest BCUT2D eigenvalue weighted by Crippen LogP contribution is 2.15. The van der Waals surface area contributed by atoms with E-state index in [0.717, 1.165) is 23.4 Å². The summed E-state index contributed by atoms with van der Waals surface area (Å²) in [5, 5.41) is 0. The van der Waals surface area contributed by atoms with E-state index < -0.39 is 0 Å². The molecule has 0 N–H and O–H groups in total. The maximum Gasteiger partial charge on any atom is 0.174 e. The molecular formula is C10H13NOS. The summed E-state index contributed by atoms with van der Waals surface area (Å²) in [5.41, 5.74) is 2.57. The minimum atomic E-state index is 0.210. The third-order valence-corrected chi connectivity index (χ3v) is 2.78. The number of hydrogen-bond acceptors (Lipinski definition) is 3. The molecule has 3 heteroatoms. The summed E-state index contributed by atoms with van der Waals surface area (Å²) >= 11 is 1.43. The van der Waals surface area contributed by atoms with Gasteiger partial charge >= 0.3 is 0 Å². The quantitative estimate of drug-likeness (QED) is 0.410. The number of rotatable bonds is 5. The minimum absolute atomic E-state index is 0.210. The van der Waals surface area contributed by atoms with Crippen LogP contribution < -0.4 is 0 Å². The summed E-state index contributed by atoms with van der Waals surface area (Å²) < 4.78 is 0. The van der Waals surface area contributed by atoms with Crippen LogP contribution in [0.4, 0.5) is 0 Å². The van der Waals surface area contributed by atoms with Gasteiger partial charge in [-0.3, -0.25) is 4.79 Å². The van der Waals surface area contributed by atoms with Crippen LogP contribution in [-0.2, 0) is 0 Å². The average Bonchev–Trinajstić information content (AvgIpc) is 2.52. The van der Waals surface area contributed by atoms with Gasteiger partial charge < -0.3 is 0 Å². The first kappa shape index (κ1) is 10.1. The van der Waals surface area contributed by atoms with Gasteiger partial charge in [0.1, 0.15) is 0 Å². The van der Waals surface area contributed by atoms with E-state index in [4.69, 9.17) is 0 Å². The van der Waals surface area contributed by atoms with Crippen LogP contribution in [0.25, 0.3) is 0 Å². The molecule has 1 rings (SSSR count). The third-order valence-electron chi connectivity index (χ3n) is 1.81. The van der Waals surface area contributed by atoms with Crippen LogP contribution in [0, 0.1) is 6.92 Å². The second kappa shape index (κ2) is 4.92. The van der Waals surface area contributed by atoms with Crippen LogP contribution >= 0.6 is 11.3 Å². The van der Waals surface area contributed by atoms with E-state index in [9.17, 15) is 4.79 Å². The molecule has 13 heavy (non-hydrogen) atoms. The SMILES string of the molecule is C=CCCCC(=O)c1scnc1C. The molecule has 2 nitrogen and oxygen atoms in total. The number of hydrogen-bond donors (Lipinski definition) is 0. The maximum atomic E-state index is 11.5. The van der Waals surface area contributed by atoms with Crippen molar-refractivity contribution < 1.29 is 4.79 Å². The largest absolute Gasteiger partial charge is 0.293 e. The van der Waals surface area contributed by atoms with E-state index in [1.54, 1.807) is 5.51 Å². The highest BCUT2D eigenvalue weighted by atomic mass is 32.1. The Morgan fingerprint density at radius 3 is 3.08 bits per heavy atom. The Morgan fingerprint density at radius 2 is 2.54 bits per heavy atom. The van der Waals surface area contributed by atoms with Gasteiger partial charge in [-0.25, -0.2) is 4.98 Å². The first-order valence-corrected chi connectivity index (χ1v) is 5.18. The fourth-order valence-electron chi connectivity index (χ4n) is 1.09. The fraction of sp³-hybridized carbons (Fsp3) is 0.400. The second-order valence-corrected chi connectivity index (χ2v) is 3.73. The van der Waals surface area contributed by atoms with Gasteiger partial charge in [-0.1, -0.05) is 6.08 Å². The molecule has 0 aliphatic rings. The molecule has 0 unspecified atom stereocenters. The van der Waals surface area contributed by atoms with E-state index in [-0.39, 0.29) is 5.78 Å². The summed E-state index contributed by atoms with van der Waals surface area (Å²) in [7, 11) is 0. The molecule has 0 atom stereocenters. The van der Waals surface area contributed by atoms with Crippen molar-refractivity contribution >= 4 is 17.1 Å². The Balaban J connectivity index is 2.49. The van der Waals surface area contributed by atoms with Crippen LogP contribution in [-0.4, -0.2) is 10.8 Å². The third kappa shape index (κ3) is 2.77. The lowest BCUT2D eigenvalue weighted by Gasteiger charge is -1.96. The molecule has 0 saturated heterocycles. The molecule has 0 aliphatic carbocycles. The smallest absolute Gasteiger partial charge is 0.174 e. The number of unbranched alkanes of at least 4 members (excludes halogenated alkanes) is 1. The molecule has 0 amide bonds. The van der Waals surface area contributed by atoms with E-state index in [1.165, 1.54) is 11.3 Å². The zero-order valence-corrected chi connectivity index (χ0v) is 8.56. The molecule has 0 spiro atoms. The van der Waals surface area contributed by atoms with Crippen LogP contribution in [0.5, 0.6) is 0 Å². The number of thiazole rings is 1. The van der Waals surface area contributed by atoms with Gasteiger partial charge in [-0.05, 0) is 19.8 Å². The lowest BCUT2D eigenvalue weighted by molar-refractivity contribution is 0.0983. The van der Waals surface area contributed by atoms with Gasteiger partial charge in [-0.15, -0.1) is 17.9 Å². The summed E-state index contributed by atoms with van der Waals surface area (Å²) in [5.74, 6) is 0.210. The normalized spacial score (nSPS) is 9.92. The van der Waals surface area contributed by atoms with Crippen molar-refractivity contribution in [2.24, 2.45) is 0 Å². The lowest BCUT2D eigenvalue weighted by Crippen LogP contribution is -1.97. The summed E-state index contributed by atoms with van der Waals surface area (Å²) in [4.78, 5) is 16.4. The van der Waals surface area contributed by atoms with Gasteiger partial charge in [0.2, 0.25) is 0 Å².